The lowest BCUT2D eigenvalue weighted by Crippen LogP contribution is -2.55. The molecule has 0 aliphatic carbocycles. The van der Waals surface area contributed by atoms with E-state index in [0.717, 1.165) is 13.0 Å². The lowest BCUT2D eigenvalue weighted by Gasteiger charge is -2.38. The molecule has 2 unspecified atom stereocenters. The zero-order valence-corrected chi connectivity index (χ0v) is 12.9. The highest BCUT2D eigenvalue weighted by Gasteiger charge is 2.29. The first-order valence-electron chi connectivity index (χ1n) is 7.02. The minimum atomic E-state index is 0. The van der Waals surface area contributed by atoms with Gasteiger partial charge in [0.25, 0.3) is 0 Å². The number of hydrogen-bond donors (Lipinski definition) is 1. The molecule has 0 radical (unpaired) electrons. The molecule has 0 aromatic heterocycles. The van der Waals surface area contributed by atoms with Gasteiger partial charge in [-0.3, -0.25) is 9.59 Å². The van der Waals surface area contributed by atoms with Gasteiger partial charge in [0.2, 0.25) is 11.8 Å². The molecular formula is C13H24ClN3O3. The van der Waals surface area contributed by atoms with Gasteiger partial charge in [-0.15, -0.1) is 12.4 Å². The van der Waals surface area contributed by atoms with Crippen molar-refractivity contribution in [3.05, 3.63) is 0 Å². The predicted molar refractivity (Wildman–Crippen MR) is 77.9 cm³/mol. The second kappa shape index (κ2) is 7.81. The third-order valence-corrected chi connectivity index (χ3v) is 3.65. The summed E-state index contributed by atoms with van der Waals surface area (Å²) < 4.78 is 5.74. The van der Waals surface area contributed by atoms with E-state index in [-0.39, 0.29) is 43.0 Å². The van der Waals surface area contributed by atoms with E-state index in [1.165, 1.54) is 0 Å². The van der Waals surface area contributed by atoms with Gasteiger partial charge in [-0.25, -0.2) is 0 Å². The quantitative estimate of drug-likeness (QED) is 0.789. The largest absolute Gasteiger partial charge is 0.372 e. The van der Waals surface area contributed by atoms with E-state index in [4.69, 9.17) is 4.74 Å². The van der Waals surface area contributed by atoms with E-state index in [9.17, 15) is 9.59 Å². The SMILES string of the molecule is CCC1CN(C(=O)CN2CCNCC2=O)CC(C)O1.Cl. The van der Waals surface area contributed by atoms with Crippen molar-refractivity contribution in [1.29, 1.82) is 0 Å². The zero-order valence-electron chi connectivity index (χ0n) is 12.1. The smallest absolute Gasteiger partial charge is 0.242 e. The second-order valence-corrected chi connectivity index (χ2v) is 5.27. The van der Waals surface area contributed by atoms with E-state index in [2.05, 4.69) is 12.2 Å². The van der Waals surface area contributed by atoms with E-state index in [1.807, 2.05) is 11.8 Å². The summed E-state index contributed by atoms with van der Waals surface area (Å²) in [6, 6.07) is 0. The maximum atomic E-state index is 12.3. The molecule has 0 spiro atoms. The predicted octanol–water partition coefficient (Wildman–Crippen LogP) is -0.134. The molecule has 7 heteroatoms. The molecule has 0 aromatic rings. The molecule has 1 N–H and O–H groups in total. The number of halogens is 1. The lowest BCUT2D eigenvalue weighted by atomic mass is 10.2. The summed E-state index contributed by atoms with van der Waals surface area (Å²) in [5, 5.41) is 3.00. The summed E-state index contributed by atoms with van der Waals surface area (Å²) in [7, 11) is 0. The minimum absolute atomic E-state index is 0. The molecule has 2 amide bonds. The molecule has 0 aromatic carbocycles. The first kappa shape index (κ1) is 17.2. The third-order valence-electron chi connectivity index (χ3n) is 3.65. The van der Waals surface area contributed by atoms with Gasteiger partial charge >= 0.3 is 0 Å². The Morgan fingerprint density at radius 1 is 1.45 bits per heavy atom. The minimum Gasteiger partial charge on any atom is -0.372 e. The highest BCUT2D eigenvalue weighted by atomic mass is 35.5. The number of hydrogen-bond acceptors (Lipinski definition) is 4. The Morgan fingerprint density at radius 3 is 2.85 bits per heavy atom. The molecule has 2 heterocycles. The van der Waals surface area contributed by atoms with E-state index < -0.39 is 0 Å². The molecule has 0 saturated carbocycles. The molecule has 2 aliphatic rings. The van der Waals surface area contributed by atoms with Crippen molar-refractivity contribution >= 4 is 24.2 Å². The summed E-state index contributed by atoms with van der Waals surface area (Å²) in [5.41, 5.74) is 0. The Labute approximate surface area is 126 Å². The van der Waals surface area contributed by atoms with Crippen LogP contribution in [0.2, 0.25) is 0 Å². The topological polar surface area (TPSA) is 61.9 Å². The van der Waals surface area contributed by atoms with E-state index in [0.29, 0.717) is 26.2 Å². The highest BCUT2D eigenvalue weighted by Crippen LogP contribution is 2.14. The lowest BCUT2D eigenvalue weighted by molar-refractivity contribution is -0.149. The van der Waals surface area contributed by atoms with Crippen LogP contribution in [0.25, 0.3) is 0 Å². The van der Waals surface area contributed by atoms with E-state index in [1.54, 1.807) is 4.90 Å². The van der Waals surface area contributed by atoms with Crippen LogP contribution < -0.4 is 5.32 Å². The number of ether oxygens (including phenoxy) is 1. The first-order chi connectivity index (χ1) is 9.10. The molecule has 2 rings (SSSR count). The monoisotopic (exact) mass is 305 g/mol. The van der Waals surface area contributed by atoms with Gasteiger partial charge in [-0.2, -0.15) is 0 Å². The normalized spacial score (nSPS) is 27.2. The third kappa shape index (κ3) is 4.33. The van der Waals surface area contributed by atoms with Crippen LogP contribution in [0.5, 0.6) is 0 Å². The van der Waals surface area contributed by atoms with Crippen molar-refractivity contribution in [1.82, 2.24) is 15.1 Å². The Hall–Kier alpha value is -0.850. The first-order valence-corrected chi connectivity index (χ1v) is 7.02. The number of carbonyl (C=O) groups excluding carboxylic acids is 2. The number of amides is 2. The summed E-state index contributed by atoms with van der Waals surface area (Å²) in [6.45, 7) is 7.21. The van der Waals surface area contributed by atoms with Gasteiger partial charge in [0, 0.05) is 26.2 Å². The standard InChI is InChI=1S/C13H23N3O3.ClH/c1-3-11-8-16(7-10(2)19-11)13(18)9-15-5-4-14-6-12(15)17;/h10-11,14H,3-9H2,1-2H3;1H. The summed E-state index contributed by atoms with van der Waals surface area (Å²) >= 11 is 0. The van der Waals surface area contributed by atoms with Crippen LogP contribution in [-0.2, 0) is 14.3 Å². The number of nitrogens with one attached hydrogen (secondary N) is 1. The Balaban J connectivity index is 0.00000200. The molecule has 2 aliphatic heterocycles. The van der Waals surface area contributed by atoms with Crippen molar-refractivity contribution in [3.63, 3.8) is 0 Å². The van der Waals surface area contributed by atoms with Crippen LogP contribution in [0, 0.1) is 0 Å². The molecule has 116 valence electrons. The molecule has 20 heavy (non-hydrogen) atoms. The van der Waals surface area contributed by atoms with Crippen molar-refractivity contribution < 1.29 is 14.3 Å². The maximum absolute atomic E-state index is 12.3. The summed E-state index contributed by atoms with van der Waals surface area (Å²) in [5.74, 6) is 0.0387. The van der Waals surface area contributed by atoms with Gasteiger partial charge in [0.05, 0.1) is 25.3 Å². The van der Waals surface area contributed by atoms with Crippen LogP contribution in [0.4, 0.5) is 0 Å². The Kier molecular flexibility index (Phi) is 6.71. The van der Waals surface area contributed by atoms with Gasteiger partial charge < -0.3 is 19.9 Å². The number of nitrogens with zero attached hydrogens (tertiary/aromatic N) is 2. The average molecular weight is 306 g/mol. The van der Waals surface area contributed by atoms with Gasteiger partial charge in [-0.05, 0) is 13.3 Å². The zero-order chi connectivity index (χ0) is 13.8. The van der Waals surface area contributed by atoms with E-state index >= 15 is 0 Å². The Bertz CT molecular complexity index is 354. The summed E-state index contributed by atoms with van der Waals surface area (Å²) in [6.07, 6.45) is 1.09. The van der Waals surface area contributed by atoms with Crippen LogP contribution in [0.1, 0.15) is 20.3 Å². The van der Waals surface area contributed by atoms with Crippen LogP contribution in [0.15, 0.2) is 0 Å². The van der Waals surface area contributed by atoms with Crippen LogP contribution >= 0.6 is 12.4 Å². The molecule has 6 nitrogen and oxygen atoms in total. The second-order valence-electron chi connectivity index (χ2n) is 5.27. The summed E-state index contributed by atoms with van der Waals surface area (Å²) in [4.78, 5) is 27.4. The number of rotatable bonds is 3. The van der Waals surface area contributed by atoms with Crippen LogP contribution in [0.3, 0.4) is 0 Å². The molecule has 0 bridgehead atoms. The fraction of sp³-hybridized carbons (Fsp3) is 0.846. The number of carbonyl (C=O) groups is 2. The van der Waals surface area contributed by atoms with Crippen molar-refractivity contribution in [2.24, 2.45) is 0 Å². The van der Waals surface area contributed by atoms with Gasteiger partial charge in [-0.1, -0.05) is 6.92 Å². The fourth-order valence-corrected chi connectivity index (χ4v) is 2.55. The Morgan fingerprint density at radius 2 is 2.20 bits per heavy atom. The van der Waals surface area contributed by atoms with Crippen LogP contribution in [-0.4, -0.2) is 73.1 Å². The number of piperazine rings is 1. The highest BCUT2D eigenvalue weighted by molar-refractivity contribution is 5.86. The van der Waals surface area contributed by atoms with Gasteiger partial charge in [0.15, 0.2) is 0 Å². The number of morpholine rings is 1. The molecule has 2 saturated heterocycles. The fourth-order valence-electron chi connectivity index (χ4n) is 2.55. The van der Waals surface area contributed by atoms with Crippen molar-refractivity contribution in [2.75, 3.05) is 39.3 Å². The molecular weight excluding hydrogens is 282 g/mol. The average Bonchev–Trinajstić information content (AvgIpc) is 2.40. The molecule has 2 fully saturated rings. The van der Waals surface area contributed by atoms with Crippen molar-refractivity contribution in [3.8, 4) is 0 Å². The van der Waals surface area contributed by atoms with Gasteiger partial charge in [0.1, 0.15) is 0 Å². The molecule has 2 atom stereocenters. The maximum Gasteiger partial charge on any atom is 0.242 e. The van der Waals surface area contributed by atoms with Crippen molar-refractivity contribution in [2.45, 2.75) is 32.5 Å².